The fourth-order valence-corrected chi connectivity index (χ4v) is 4.72. The molecule has 2 nitrogen and oxygen atoms in total. The zero-order chi connectivity index (χ0) is 15.4. The lowest BCUT2D eigenvalue weighted by Crippen LogP contribution is -2.50. The third-order valence-corrected chi connectivity index (χ3v) is 5.96. The molecule has 1 amide bonds. The number of halogens is 1. The number of piperidine rings is 1. The lowest BCUT2D eigenvalue weighted by molar-refractivity contribution is -0.134. The minimum absolute atomic E-state index is 0.207. The highest BCUT2D eigenvalue weighted by atomic mass is 32.2. The zero-order valence-corrected chi connectivity index (χ0v) is 13.8. The molecule has 3 rings (SSSR count). The third-order valence-electron chi connectivity index (χ3n) is 4.97. The summed E-state index contributed by atoms with van der Waals surface area (Å²) in [6.45, 7) is 0.942. The van der Waals surface area contributed by atoms with Crippen LogP contribution in [0.2, 0.25) is 0 Å². The maximum atomic E-state index is 12.9. The van der Waals surface area contributed by atoms with Crippen molar-refractivity contribution in [2.75, 3.05) is 12.3 Å². The van der Waals surface area contributed by atoms with Crippen LogP contribution in [0.4, 0.5) is 4.39 Å². The Morgan fingerprint density at radius 3 is 2.68 bits per heavy atom. The summed E-state index contributed by atoms with van der Waals surface area (Å²) in [4.78, 5) is 14.7. The number of rotatable bonds is 4. The quantitative estimate of drug-likeness (QED) is 0.827. The van der Waals surface area contributed by atoms with Crippen molar-refractivity contribution in [2.24, 2.45) is 5.92 Å². The fourth-order valence-electron chi connectivity index (χ4n) is 3.85. The van der Waals surface area contributed by atoms with Gasteiger partial charge in [0.1, 0.15) is 5.82 Å². The Balaban J connectivity index is 1.49. The van der Waals surface area contributed by atoms with E-state index in [1.165, 1.54) is 44.2 Å². The molecule has 2 unspecified atom stereocenters. The number of nitrogens with zero attached hydrogens (tertiary/aromatic N) is 1. The van der Waals surface area contributed by atoms with Crippen molar-refractivity contribution < 1.29 is 9.18 Å². The van der Waals surface area contributed by atoms with E-state index in [1.54, 1.807) is 23.9 Å². The molecule has 2 atom stereocenters. The largest absolute Gasteiger partial charge is 0.339 e. The Morgan fingerprint density at radius 1 is 1.14 bits per heavy atom. The molecule has 1 aromatic carbocycles. The molecule has 0 spiro atoms. The molecular formula is C18H24FNOS. The number of amides is 1. The van der Waals surface area contributed by atoms with E-state index in [1.807, 2.05) is 0 Å². The molecule has 1 aliphatic heterocycles. The zero-order valence-electron chi connectivity index (χ0n) is 13.0. The van der Waals surface area contributed by atoms with E-state index in [0.717, 1.165) is 30.2 Å². The van der Waals surface area contributed by atoms with E-state index in [0.29, 0.717) is 17.7 Å². The minimum atomic E-state index is -0.207. The van der Waals surface area contributed by atoms with Crippen molar-refractivity contribution in [3.63, 3.8) is 0 Å². The Labute approximate surface area is 136 Å². The van der Waals surface area contributed by atoms with E-state index in [2.05, 4.69) is 4.90 Å². The average Bonchev–Trinajstić information content (AvgIpc) is 2.56. The summed E-state index contributed by atoms with van der Waals surface area (Å²) in [5.74, 6) is 2.15. The van der Waals surface area contributed by atoms with Crippen LogP contribution in [0.15, 0.2) is 24.3 Å². The standard InChI is InChI=1S/C18H24FNOS/c19-16-9-7-14(8-10-16)12-22-13-18(21)20-11-3-5-15-4-1-2-6-17(15)20/h7-10,15,17H,1-6,11-13H2. The molecule has 120 valence electrons. The second-order valence-corrected chi connectivity index (χ2v) is 7.45. The molecular weight excluding hydrogens is 297 g/mol. The maximum absolute atomic E-state index is 12.9. The van der Waals surface area contributed by atoms with Gasteiger partial charge in [0.2, 0.25) is 5.91 Å². The van der Waals surface area contributed by atoms with E-state index in [-0.39, 0.29) is 5.82 Å². The van der Waals surface area contributed by atoms with Crippen LogP contribution in [0, 0.1) is 11.7 Å². The van der Waals surface area contributed by atoms with Crippen LogP contribution in [0.5, 0.6) is 0 Å². The first-order valence-corrected chi connectivity index (χ1v) is 9.51. The van der Waals surface area contributed by atoms with Crippen molar-refractivity contribution >= 4 is 17.7 Å². The van der Waals surface area contributed by atoms with Crippen LogP contribution in [-0.4, -0.2) is 29.1 Å². The lowest BCUT2D eigenvalue weighted by Gasteiger charge is -2.44. The second-order valence-electron chi connectivity index (χ2n) is 6.46. The normalized spacial score (nSPS) is 24.9. The summed E-state index contributed by atoms with van der Waals surface area (Å²) < 4.78 is 12.9. The molecule has 4 heteroatoms. The number of fused-ring (bicyclic) bond motifs is 1. The van der Waals surface area contributed by atoms with Crippen molar-refractivity contribution in [2.45, 2.75) is 50.3 Å². The summed E-state index contributed by atoms with van der Waals surface area (Å²) >= 11 is 1.64. The predicted molar refractivity (Wildman–Crippen MR) is 89.3 cm³/mol. The van der Waals surface area contributed by atoms with Gasteiger partial charge in [0.05, 0.1) is 5.75 Å². The van der Waals surface area contributed by atoms with Crippen molar-refractivity contribution in [1.29, 1.82) is 0 Å². The highest BCUT2D eigenvalue weighted by Gasteiger charge is 2.35. The molecule has 0 radical (unpaired) electrons. The summed E-state index contributed by atoms with van der Waals surface area (Å²) in [6.07, 6.45) is 7.57. The van der Waals surface area contributed by atoms with Crippen molar-refractivity contribution in [3.8, 4) is 0 Å². The number of hydrogen-bond donors (Lipinski definition) is 0. The molecule has 2 aliphatic rings. The molecule has 22 heavy (non-hydrogen) atoms. The van der Waals surface area contributed by atoms with Gasteiger partial charge in [-0.25, -0.2) is 4.39 Å². The fraction of sp³-hybridized carbons (Fsp3) is 0.611. The molecule has 1 aliphatic carbocycles. The van der Waals surface area contributed by atoms with Crippen LogP contribution in [-0.2, 0) is 10.5 Å². The summed E-state index contributed by atoms with van der Waals surface area (Å²) in [5, 5.41) is 0. The van der Waals surface area contributed by atoms with Crippen LogP contribution >= 0.6 is 11.8 Å². The molecule has 2 fully saturated rings. The maximum Gasteiger partial charge on any atom is 0.232 e. The molecule has 1 saturated heterocycles. The minimum Gasteiger partial charge on any atom is -0.339 e. The SMILES string of the molecule is O=C(CSCc1ccc(F)cc1)N1CCCC2CCCCC21. The van der Waals surface area contributed by atoms with Crippen molar-refractivity contribution in [1.82, 2.24) is 4.90 Å². The van der Waals surface area contributed by atoms with Gasteiger partial charge in [0, 0.05) is 18.3 Å². The van der Waals surface area contributed by atoms with Gasteiger partial charge in [-0.15, -0.1) is 11.8 Å². The molecule has 1 saturated carbocycles. The second kappa shape index (κ2) is 7.49. The summed E-state index contributed by atoms with van der Waals surface area (Å²) in [5.41, 5.74) is 1.08. The topological polar surface area (TPSA) is 20.3 Å². The highest BCUT2D eigenvalue weighted by molar-refractivity contribution is 7.99. The van der Waals surface area contributed by atoms with Gasteiger partial charge in [0.25, 0.3) is 0 Å². The Hall–Kier alpha value is -1.03. The van der Waals surface area contributed by atoms with Crippen LogP contribution in [0.1, 0.15) is 44.1 Å². The molecule has 0 N–H and O–H groups in total. The van der Waals surface area contributed by atoms with Crippen LogP contribution < -0.4 is 0 Å². The van der Waals surface area contributed by atoms with E-state index >= 15 is 0 Å². The van der Waals surface area contributed by atoms with Crippen molar-refractivity contribution in [3.05, 3.63) is 35.6 Å². The van der Waals surface area contributed by atoms with Crippen LogP contribution in [0.25, 0.3) is 0 Å². The molecule has 0 bridgehead atoms. The van der Waals surface area contributed by atoms with Gasteiger partial charge >= 0.3 is 0 Å². The number of likely N-dealkylation sites (tertiary alicyclic amines) is 1. The Kier molecular flexibility index (Phi) is 5.40. The van der Waals surface area contributed by atoms with Gasteiger partial charge in [-0.1, -0.05) is 25.0 Å². The Bertz CT molecular complexity index is 502. The van der Waals surface area contributed by atoms with Gasteiger partial charge in [-0.3, -0.25) is 4.79 Å². The Morgan fingerprint density at radius 2 is 1.86 bits per heavy atom. The molecule has 1 aromatic rings. The van der Waals surface area contributed by atoms with E-state index in [4.69, 9.17) is 0 Å². The molecule has 1 heterocycles. The monoisotopic (exact) mass is 321 g/mol. The van der Waals surface area contributed by atoms with Gasteiger partial charge in [0.15, 0.2) is 0 Å². The first-order chi connectivity index (χ1) is 10.7. The number of hydrogen-bond acceptors (Lipinski definition) is 2. The smallest absolute Gasteiger partial charge is 0.232 e. The highest BCUT2D eigenvalue weighted by Crippen LogP contribution is 2.35. The lowest BCUT2D eigenvalue weighted by atomic mass is 9.78. The predicted octanol–water partition coefficient (Wildman–Crippen LogP) is 4.24. The number of carbonyl (C=O) groups is 1. The summed E-state index contributed by atoms with van der Waals surface area (Å²) in [6, 6.07) is 7.06. The number of carbonyl (C=O) groups excluding carboxylic acids is 1. The van der Waals surface area contributed by atoms with Gasteiger partial charge < -0.3 is 4.90 Å². The van der Waals surface area contributed by atoms with E-state index < -0.39 is 0 Å². The first kappa shape index (κ1) is 15.9. The molecule has 0 aromatic heterocycles. The van der Waals surface area contributed by atoms with E-state index in [9.17, 15) is 9.18 Å². The summed E-state index contributed by atoms with van der Waals surface area (Å²) in [7, 11) is 0. The average molecular weight is 321 g/mol. The van der Waals surface area contributed by atoms with Gasteiger partial charge in [-0.2, -0.15) is 0 Å². The van der Waals surface area contributed by atoms with Gasteiger partial charge in [-0.05, 0) is 49.3 Å². The first-order valence-electron chi connectivity index (χ1n) is 8.36. The van der Waals surface area contributed by atoms with Crippen LogP contribution in [0.3, 0.4) is 0 Å². The number of thioether (sulfide) groups is 1. The third kappa shape index (κ3) is 3.83. The number of benzene rings is 1.